The van der Waals surface area contributed by atoms with Crippen LogP contribution in [0.25, 0.3) is 0 Å². The van der Waals surface area contributed by atoms with E-state index in [0.717, 1.165) is 24.6 Å². The van der Waals surface area contributed by atoms with Crippen LogP contribution in [0.5, 0.6) is 0 Å². The van der Waals surface area contributed by atoms with Crippen LogP contribution in [0.3, 0.4) is 0 Å². The van der Waals surface area contributed by atoms with Crippen molar-refractivity contribution in [3.05, 3.63) is 37.7 Å². The molecule has 0 spiro atoms. The van der Waals surface area contributed by atoms with Crippen LogP contribution in [0.4, 0.5) is 5.69 Å². The summed E-state index contributed by atoms with van der Waals surface area (Å²) < 4.78 is 7.03. The van der Waals surface area contributed by atoms with E-state index in [2.05, 4.69) is 15.5 Å². The number of amides is 1. The maximum absolute atomic E-state index is 12.2. The molecule has 1 aliphatic rings. The first-order valence-corrected chi connectivity index (χ1v) is 9.90. The molecule has 1 aromatic heterocycles. The molecular formula is C15H15Cl3N4O3S. The molecule has 1 aliphatic heterocycles. The molecule has 0 saturated carbocycles. The van der Waals surface area contributed by atoms with Gasteiger partial charge in [0, 0.05) is 6.61 Å². The van der Waals surface area contributed by atoms with Crippen molar-refractivity contribution in [1.29, 1.82) is 0 Å². The van der Waals surface area contributed by atoms with E-state index in [0.29, 0.717) is 29.0 Å². The minimum atomic E-state index is -0.323. The number of carbonyl (C=O) groups excluding carboxylic acids is 1. The van der Waals surface area contributed by atoms with Crippen LogP contribution in [-0.4, -0.2) is 39.1 Å². The molecule has 0 radical (unpaired) electrons. The molecule has 11 heteroatoms. The Morgan fingerprint density at radius 2 is 2.12 bits per heavy atom. The summed E-state index contributed by atoms with van der Waals surface area (Å²) in [5, 5.41) is 10.3. The second-order valence-corrected chi connectivity index (χ2v) is 7.80. The average molecular weight is 438 g/mol. The number of halogens is 3. The van der Waals surface area contributed by atoms with Crippen LogP contribution in [0.15, 0.2) is 22.1 Å². The van der Waals surface area contributed by atoms with Gasteiger partial charge < -0.3 is 10.1 Å². The monoisotopic (exact) mass is 436 g/mol. The van der Waals surface area contributed by atoms with Gasteiger partial charge in [-0.1, -0.05) is 46.6 Å². The highest BCUT2D eigenvalue weighted by Crippen LogP contribution is 2.32. The normalized spacial score (nSPS) is 16.8. The van der Waals surface area contributed by atoms with Gasteiger partial charge in [0.15, 0.2) is 5.16 Å². The molecule has 26 heavy (non-hydrogen) atoms. The summed E-state index contributed by atoms with van der Waals surface area (Å²) in [7, 11) is 0. The minimum Gasteiger partial charge on any atom is -0.376 e. The van der Waals surface area contributed by atoms with E-state index in [1.807, 2.05) is 0 Å². The van der Waals surface area contributed by atoms with E-state index in [-0.39, 0.29) is 33.5 Å². The third-order valence-electron chi connectivity index (χ3n) is 3.75. The van der Waals surface area contributed by atoms with Crippen molar-refractivity contribution in [3.8, 4) is 0 Å². The lowest BCUT2D eigenvalue weighted by atomic mass is 10.2. The number of aromatic amines is 1. The van der Waals surface area contributed by atoms with E-state index < -0.39 is 0 Å². The lowest BCUT2D eigenvalue weighted by Crippen LogP contribution is -2.25. The van der Waals surface area contributed by atoms with Crippen LogP contribution in [0, 0.1) is 0 Å². The summed E-state index contributed by atoms with van der Waals surface area (Å²) in [5.74, 6) is -0.263. The Labute approximate surface area is 168 Å². The van der Waals surface area contributed by atoms with Crippen molar-refractivity contribution < 1.29 is 9.53 Å². The summed E-state index contributed by atoms with van der Waals surface area (Å²) in [6.45, 7) is 1.12. The molecule has 3 rings (SSSR count). The molecule has 1 fully saturated rings. The second-order valence-electron chi connectivity index (χ2n) is 5.64. The molecule has 2 N–H and O–H groups in total. The Hall–Kier alpha value is -1.19. The van der Waals surface area contributed by atoms with E-state index >= 15 is 0 Å². The smallest absolute Gasteiger partial charge is 0.344 e. The maximum Gasteiger partial charge on any atom is 0.344 e. The highest BCUT2D eigenvalue weighted by atomic mass is 35.5. The van der Waals surface area contributed by atoms with Crippen molar-refractivity contribution in [1.82, 2.24) is 14.8 Å². The van der Waals surface area contributed by atoms with Crippen LogP contribution < -0.4 is 11.0 Å². The molecule has 7 nitrogen and oxygen atoms in total. The van der Waals surface area contributed by atoms with Crippen LogP contribution in [-0.2, 0) is 16.1 Å². The van der Waals surface area contributed by atoms with Gasteiger partial charge in [0.1, 0.15) is 0 Å². The van der Waals surface area contributed by atoms with Gasteiger partial charge in [-0.05, 0) is 25.0 Å². The van der Waals surface area contributed by atoms with E-state index in [1.165, 1.54) is 16.7 Å². The standard InChI is InChI=1S/C15H15Cl3N4O3S/c16-9-4-11(18)12(5-10(9)17)19-13(23)7-26-15-21-20-14(24)22(15)6-8-2-1-3-25-8/h4-5,8H,1-3,6-7H2,(H,19,23)(H,20,24). The maximum atomic E-state index is 12.2. The molecule has 1 atom stereocenters. The van der Waals surface area contributed by atoms with Crippen LogP contribution in [0.1, 0.15) is 12.8 Å². The van der Waals surface area contributed by atoms with E-state index in [4.69, 9.17) is 39.5 Å². The van der Waals surface area contributed by atoms with Gasteiger partial charge in [0.25, 0.3) is 0 Å². The molecule has 140 valence electrons. The van der Waals surface area contributed by atoms with Gasteiger partial charge in [-0.25, -0.2) is 9.89 Å². The molecule has 1 amide bonds. The number of H-pyrrole nitrogens is 1. The first kappa shape index (κ1) is 19.6. The largest absolute Gasteiger partial charge is 0.376 e. The van der Waals surface area contributed by atoms with Gasteiger partial charge >= 0.3 is 5.69 Å². The zero-order valence-corrected chi connectivity index (χ0v) is 16.5. The predicted octanol–water partition coefficient (Wildman–Crippen LogP) is 3.44. The van der Waals surface area contributed by atoms with E-state index in [1.54, 1.807) is 0 Å². The molecule has 1 saturated heterocycles. The van der Waals surface area contributed by atoms with Gasteiger partial charge in [0.2, 0.25) is 5.91 Å². The Morgan fingerprint density at radius 3 is 2.85 bits per heavy atom. The number of rotatable bonds is 6. The minimum absolute atomic E-state index is 0.00603. The van der Waals surface area contributed by atoms with Crippen molar-refractivity contribution in [2.75, 3.05) is 17.7 Å². The second kappa shape index (κ2) is 8.67. The van der Waals surface area contributed by atoms with E-state index in [9.17, 15) is 9.59 Å². The van der Waals surface area contributed by atoms with Crippen LogP contribution in [0.2, 0.25) is 15.1 Å². The quantitative estimate of drug-likeness (QED) is 0.534. The lowest BCUT2D eigenvalue weighted by Gasteiger charge is -2.11. The van der Waals surface area contributed by atoms with Crippen molar-refractivity contribution in [2.45, 2.75) is 30.6 Å². The fraction of sp³-hybridized carbons (Fsp3) is 0.400. The third kappa shape index (κ3) is 4.75. The number of hydrogen-bond acceptors (Lipinski definition) is 5. The molecule has 0 bridgehead atoms. The fourth-order valence-electron chi connectivity index (χ4n) is 2.50. The first-order chi connectivity index (χ1) is 12.4. The van der Waals surface area contributed by atoms with Crippen molar-refractivity contribution in [2.24, 2.45) is 0 Å². The number of ether oxygens (including phenoxy) is 1. The molecule has 0 aliphatic carbocycles. The number of carbonyl (C=O) groups is 1. The Kier molecular flexibility index (Phi) is 6.52. The number of anilines is 1. The number of nitrogens with zero attached hydrogens (tertiary/aromatic N) is 2. The van der Waals surface area contributed by atoms with Gasteiger partial charge in [-0.2, -0.15) is 0 Å². The molecule has 1 unspecified atom stereocenters. The lowest BCUT2D eigenvalue weighted by molar-refractivity contribution is -0.113. The third-order valence-corrected chi connectivity index (χ3v) is 5.76. The number of hydrogen-bond donors (Lipinski definition) is 2. The van der Waals surface area contributed by atoms with Gasteiger partial charge in [-0.15, -0.1) is 5.10 Å². The molecule has 2 aromatic rings. The Balaban J connectivity index is 1.61. The number of aromatic nitrogens is 3. The zero-order valence-electron chi connectivity index (χ0n) is 13.4. The fourth-order valence-corrected chi connectivity index (χ4v) is 3.85. The van der Waals surface area contributed by atoms with Gasteiger partial charge in [-0.3, -0.25) is 9.36 Å². The SMILES string of the molecule is O=C(CSc1n[nH]c(=O)n1CC1CCCO1)Nc1cc(Cl)c(Cl)cc1Cl. The summed E-state index contributed by atoms with van der Waals surface area (Å²) >= 11 is 19.0. The zero-order chi connectivity index (χ0) is 18.7. The summed E-state index contributed by atoms with van der Waals surface area (Å²) in [5.41, 5.74) is 0.0429. The van der Waals surface area contributed by atoms with Crippen LogP contribution >= 0.6 is 46.6 Å². The molecular weight excluding hydrogens is 423 g/mol. The topological polar surface area (TPSA) is 89.0 Å². The first-order valence-electron chi connectivity index (χ1n) is 7.78. The predicted molar refractivity (Wildman–Crippen MR) is 103 cm³/mol. The molecule has 2 heterocycles. The van der Waals surface area contributed by atoms with Crippen molar-refractivity contribution >= 4 is 58.2 Å². The summed E-state index contributed by atoms with van der Waals surface area (Å²) in [4.78, 5) is 24.1. The number of thioether (sulfide) groups is 1. The van der Waals surface area contributed by atoms with Gasteiger partial charge in [0.05, 0.1) is 39.2 Å². The Morgan fingerprint density at radius 1 is 1.35 bits per heavy atom. The molecule has 1 aromatic carbocycles. The average Bonchev–Trinajstić information content (AvgIpc) is 3.22. The summed E-state index contributed by atoms with van der Waals surface area (Å²) in [6.07, 6.45) is 1.87. The Bertz CT molecular complexity index is 864. The summed E-state index contributed by atoms with van der Waals surface area (Å²) in [6, 6.07) is 2.94. The van der Waals surface area contributed by atoms with Crippen molar-refractivity contribution in [3.63, 3.8) is 0 Å². The highest BCUT2D eigenvalue weighted by Gasteiger charge is 2.20. The number of benzene rings is 1. The number of nitrogens with one attached hydrogen (secondary N) is 2. The highest BCUT2D eigenvalue weighted by molar-refractivity contribution is 7.99.